The lowest BCUT2D eigenvalue weighted by molar-refractivity contribution is -0.122. The van der Waals surface area contributed by atoms with E-state index in [1.165, 1.54) is 45.7 Å². The Hall–Kier alpha value is -2.84. The molecule has 5 nitrogen and oxygen atoms in total. The molecule has 0 aliphatic heterocycles. The number of rotatable bonds is 5. The Balaban J connectivity index is 1.61. The minimum atomic E-state index is -0.416. The van der Waals surface area contributed by atoms with Gasteiger partial charge < -0.3 is 5.32 Å². The van der Waals surface area contributed by atoms with Crippen LogP contribution in [0.3, 0.4) is 0 Å². The largest absolute Gasteiger partial charge is 0.343 e. The monoisotopic (exact) mass is 427 g/mol. The molecule has 29 heavy (non-hydrogen) atoms. The maximum Gasteiger partial charge on any atom is 0.262 e. The van der Waals surface area contributed by atoms with Gasteiger partial charge in [0.15, 0.2) is 0 Å². The van der Waals surface area contributed by atoms with Gasteiger partial charge in [-0.1, -0.05) is 18.2 Å². The van der Waals surface area contributed by atoms with Crippen LogP contribution in [0.4, 0.5) is 4.39 Å². The molecule has 0 aliphatic carbocycles. The average molecular weight is 428 g/mol. The molecule has 1 atom stereocenters. The Morgan fingerprint density at radius 2 is 2.00 bits per heavy atom. The van der Waals surface area contributed by atoms with Crippen LogP contribution in [0.5, 0.6) is 0 Å². The van der Waals surface area contributed by atoms with Gasteiger partial charge in [0.25, 0.3) is 5.56 Å². The summed E-state index contributed by atoms with van der Waals surface area (Å²) in [4.78, 5) is 32.6. The van der Waals surface area contributed by atoms with E-state index in [0.29, 0.717) is 10.2 Å². The van der Waals surface area contributed by atoms with Crippen molar-refractivity contribution in [3.63, 3.8) is 0 Å². The van der Waals surface area contributed by atoms with Crippen LogP contribution in [0, 0.1) is 19.7 Å². The molecule has 1 amide bonds. The van der Waals surface area contributed by atoms with E-state index in [4.69, 9.17) is 0 Å². The molecule has 1 unspecified atom stereocenters. The molecule has 4 aromatic rings. The van der Waals surface area contributed by atoms with Crippen molar-refractivity contribution in [1.82, 2.24) is 14.9 Å². The second-order valence-corrected chi connectivity index (χ2v) is 8.89. The van der Waals surface area contributed by atoms with Gasteiger partial charge in [-0.2, -0.15) is 0 Å². The lowest BCUT2D eigenvalue weighted by atomic mass is 10.1. The predicted molar refractivity (Wildman–Crippen MR) is 114 cm³/mol. The molecular formula is C21H18FN3O2S2. The van der Waals surface area contributed by atoms with Crippen molar-refractivity contribution in [2.24, 2.45) is 0 Å². The van der Waals surface area contributed by atoms with Crippen LogP contribution in [-0.2, 0) is 11.3 Å². The van der Waals surface area contributed by atoms with Crippen LogP contribution in [0.1, 0.15) is 26.9 Å². The number of halogens is 1. The normalized spacial score (nSPS) is 12.2. The average Bonchev–Trinajstić information content (AvgIpc) is 3.32. The molecule has 3 aromatic heterocycles. The van der Waals surface area contributed by atoms with Crippen molar-refractivity contribution in [3.05, 3.63) is 85.2 Å². The fraction of sp³-hybridized carbons (Fsp3) is 0.190. The number of aromatic nitrogens is 2. The molecule has 0 fully saturated rings. The second kappa shape index (κ2) is 7.88. The summed E-state index contributed by atoms with van der Waals surface area (Å²) in [6, 6.07) is 9.43. The highest BCUT2D eigenvalue weighted by Crippen LogP contribution is 2.27. The number of benzene rings is 1. The molecule has 148 valence electrons. The molecular weight excluding hydrogens is 409 g/mol. The van der Waals surface area contributed by atoms with E-state index >= 15 is 0 Å². The summed E-state index contributed by atoms with van der Waals surface area (Å²) < 4.78 is 14.6. The minimum absolute atomic E-state index is 0.140. The van der Waals surface area contributed by atoms with Crippen molar-refractivity contribution < 1.29 is 9.18 Å². The van der Waals surface area contributed by atoms with E-state index in [-0.39, 0.29) is 23.8 Å². The van der Waals surface area contributed by atoms with Gasteiger partial charge in [0.2, 0.25) is 5.91 Å². The van der Waals surface area contributed by atoms with Crippen molar-refractivity contribution >= 4 is 38.8 Å². The van der Waals surface area contributed by atoms with E-state index in [1.807, 2.05) is 31.4 Å². The first-order chi connectivity index (χ1) is 13.9. The highest BCUT2D eigenvalue weighted by molar-refractivity contribution is 7.18. The van der Waals surface area contributed by atoms with Crippen molar-refractivity contribution in [2.45, 2.75) is 26.4 Å². The van der Waals surface area contributed by atoms with Gasteiger partial charge in [0.05, 0.1) is 17.8 Å². The number of fused-ring (bicyclic) bond motifs is 1. The molecule has 0 saturated heterocycles. The Morgan fingerprint density at radius 3 is 2.69 bits per heavy atom. The van der Waals surface area contributed by atoms with Gasteiger partial charge >= 0.3 is 0 Å². The molecule has 0 bridgehead atoms. The number of carbonyl (C=O) groups excluding carboxylic acids is 1. The Bertz CT molecular complexity index is 1230. The van der Waals surface area contributed by atoms with Crippen molar-refractivity contribution in [2.75, 3.05) is 0 Å². The topological polar surface area (TPSA) is 64.0 Å². The SMILES string of the molecule is Cc1sc2ncn(CC(=O)NC(c3ccc(F)cc3)c3cccs3)c(=O)c2c1C. The number of hydrogen-bond donors (Lipinski definition) is 1. The first-order valence-electron chi connectivity index (χ1n) is 8.97. The van der Waals surface area contributed by atoms with Gasteiger partial charge in [0.1, 0.15) is 17.2 Å². The zero-order chi connectivity index (χ0) is 20.5. The summed E-state index contributed by atoms with van der Waals surface area (Å²) in [7, 11) is 0. The molecule has 1 aromatic carbocycles. The van der Waals surface area contributed by atoms with Crippen LogP contribution in [0.15, 0.2) is 52.9 Å². The van der Waals surface area contributed by atoms with Gasteiger partial charge in [-0.3, -0.25) is 14.2 Å². The number of thiophene rings is 2. The van der Waals surface area contributed by atoms with Gasteiger partial charge in [-0.15, -0.1) is 22.7 Å². The quantitative estimate of drug-likeness (QED) is 0.520. The van der Waals surface area contributed by atoms with Crippen LogP contribution >= 0.6 is 22.7 Å². The molecule has 0 aliphatic rings. The maximum atomic E-state index is 13.3. The standard InChI is InChI=1S/C21H18FN3O2S2/c1-12-13(2)29-20-18(12)21(27)25(11-23-20)10-17(26)24-19(16-4-3-9-28-16)14-5-7-15(22)8-6-14/h3-9,11,19H,10H2,1-2H3,(H,24,26). The molecule has 4 rings (SSSR count). The highest BCUT2D eigenvalue weighted by atomic mass is 32.1. The van der Waals surface area contributed by atoms with Crippen LogP contribution in [0.2, 0.25) is 0 Å². The smallest absolute Gasteiger partial charge is 0.262 e. The molecule has 1 N–H and O–H groups in total. The number of carbonyl (C=O) groups is 1. The van der Waals surface area contributed by atoms with Gasteiger partial charge in [-0.25, -0.2) is 9.37 Å². The first-order valence-corrected chi connectivity index (χ1v) is 10.7. The third-order valence-electron chi connectivity index (χ3n) is 4.81. The zero-order valence-electron chi connectivity index (χ0n) is 15.8. The summed E-state index contributed by atoms with van der Waals surface area (Å²) >= 11 is 2.97. The Morgan fingerprint density at radius 1 is 1.24 bits per heavy atom. The highest BCUT2D eigenvalue weighted by Gasteiger charge is 2.19. The van der Waals surface area contributed by atoms with Crippen molar-refractivity contribution in [1.29, 1.82) is 0 Å². The van der Waals surface area contributed by atoms with Gasteiger partial charge in [0, 0.05) is 9.75 Å². The van der Waals surface area contributed by atoms with Crippen molar-refractivity contribution in [3.8, 4) is 0 Å². The Kier molecular flexibility index (Phi) is 5.29. The molecule has 8 heteroatoms. The van der Waals surface area contributed by atoms with Crippen LogP contribution < -0.4 is 10.9 Å². The third kappa shape index (κ3) is 3.86. The Labute approximate surface area is 174 Å². The number of amides is 1. The minimum Gasteiger partial charge on any atom is -0.343 e. The third-order valence-corrected chi connectivity index (χ3v) is 6.86. The summed E-state index contributed by atoms with van der Waals surface area (Å²) in [6.07, 6.45) is 1.41. The van der Waals surface area contributed by atoms with E-state index < -0.39 is 6.04 Å². The summed E-state index contributed by atoms with van der Waals surface area (Å²) in [6.45, 7) is 3.70. The summed E-state index contributed by atoms with van der Waals surface area (Å²) in [5.74, 6) is -0.655. The molecule has 0 spiro atoms. The lowest BCUT2D eigenvalue weighted by Gasteiger charge is -2.18. The van der Waals surface area contributed by atoms with E-state index in [1.54, 1.807) is 12.1 Å². The van der Waals surface area contributed by atoms with Gasteiger partial charge in [-0.05, 0) is 48.6 Å². The zero-order valence-corrected chi connectivity index (χ0v) is 17.4. The molecule has 0 radical (unpaired) electrons. The summed E-state index contributed by atoms with van der Waals surface area (Å²) in [5, 5.41) is 5.45. The maximum absolute atomic E-state index is 13.3. The van der Waals surface area contributed by atoms with E-state index in [2.05, 4.69) is 10.3 Å². The number of nitrogens with one attached hydrogen (secondary N) is 1. The first kappa shape index (κ1) is 19.5. The fourth-order valence-corrected chi connectivity index (χ4v) is 4.96. The van der Waals surface area contributed by atoms with E-state index in [0.717, 1.165) is 20.9 Å². The molecule has 0 saturated carbocycles. The summed E-state index contributed by atoms with van der Waals surface area (Å²) in [5.41, 5.74) is 1.45. The van der Waals surface area contributed by atoms with Crippen LogP contribution in [0.25, 0.3) is 10.2 Å². The van der Waals surface area contributed by atoms with Crippen LogP contribution in [-0.4, -0.2) is 15.5 Å². The van der Waals surface area contributed by atoms with E-state index in [9.17, 15) is 14.0 Å². The number of hydrogen-bond acceptors (Lipinski definition) is 5. The molecule has 3 heterocycles. The predicted octanol–water partition coefficient (Wildman–Crippen LogP) is 4.18. The second-order valence-electron chi connectivity index (χ2n) is 6.71. The fourth-order valence-electron chi connectivity index (χ4n) is 3.17. The number of aryl methyl sites for hydroxylation is 2. The number of nitrogens with zero attached hydrogens (tertiary/aromatic N) is 2. The lowest BCUT2D eigenvalue weighted by Crippen LogP contribution is -2.35.